The molecule has 0 amide bonds. The zero-order valence-corrected chi connectivity index (χ0v) is 45.8. The van der Waals surface area contributed by atoms with E-state index in [9.17, 15) is 0 Å². The number of benzene rings is 4. The maximum Gasteiger partial charge on any atom is 0.0801 e. The third-order valence-corrected chi connectivity index (χ3v) is 18.3. The van der Waals surface area contributed by atoms with E-state index in [1.807, 2.05) is 0 Å². The smallest absolute Gasteiger partial charge is 0.0801 e. The monoisotopic (exact) mass is 1070 g/mol. The predicted molar refractivity (Wildman–Crippen MR) is 314 cm³/mol. The van der Waals surface area contributed by atoms with Crippen LogP contribution in [0.5, 0.6) is 0 Å². The molecule has 72 heavy (non-hydrogen) atoms. The Kier molecular flexibility index (Phi) is 14.0. The molecule has 4 nitrogen and oxygen atoms in total. The normalized spacial score (nSPS) is 17.1. The highest BCUT2D eigenvalue weighted by atomic mass is 79.9. The number of hydrogen-bond donors (Lipinski definition) is 2. The van der Waals surface area contributed by atoms with Crippen LogP contribution in [0.15, 0.2) is 118 Å². The molecule has 2 aliphatic heterocycles. The highest BCUT2D eigenvalue weighted by Crippen LogP contribution is 2.54. The van der Waals surface area contributed by atoms with Crippen molar-refractivity contribution in [1.82, 2.24) is 19.9 Å². The topological polar surface area (TPSA) is 57.4 Å². The zero-order chi connectivity index (χ0) is 49.4. The molecule has 2 aliphatic carbocycles. The number of rotatable bonds is 18. The average Bonchev–Trinajstić information content (AvgIpc) is 4.29. The van der Waals surface area contributed by atoms with Crippen molar-refractivity contribution < 1.29 is 0 Å². The Balaban J connectivity index is 1.02. The quantitative estimate of drug-likeness (QED) is 0.0842. The van der Waals surface area contributed by atoms with E-state index in [1.165, 1.54) is 134 Å². The van der Waals surface area contributed by atoms with Crippen LogP contribution >= 0.6 is 31.9 Å². The molecule has 8 bridgehead atoms. The van der Waals surface area contributed by atoms with Crippen LogP contribution in [0.3, 0.4) is 0 Å². The molecule has 366 valence electrons. The molecule has 0 saturated carbocycles. The molecule has 0 fully saturated rings. The Morgan fingerprint density at radius 3 is 1.18 bits per heavy atom. The first-order valence-corrected chi connectivity index (χ1v) is 28.8. The van der Waals surface area contributed by atoms with Crippen LogP contribution in [0.4, 0.5) is 0 Å². The number of halogens is 2. The van der Waals surface area contributed by atoms with Crippen LogP contribution in [0.1, 0.15) is 175 Å². The van der Waals surface area contributed by atoms with Crippen LogP contribution < -0.4 is 0 Å². The van der Waals surface area contributed by atoms with Crippen molar-refractivity contribution in [3.8, 4) is 44.5 Å². The van der Waals surface area contributed by atoms with Crippen molar-refractivity contribution in [2.45, 2.75) is 141 Å². The second kappa shape index (κ2) is 20.7. The number of unbranched alkanes of at least 4 members (excludes halogenated alkanes) is 12. The first-order chi connectivity index (χ1) is 35.2. The molecule has 11 rings (SSSR count). The molecule has 3 aromatic heterocycles. The molecular formula is C66H68Br2N4. The van der Waals surface area contributed by atoms with Gasteiger partial charge in [-0.05, 0) is 161 Å². The molecule has 2 atom stereocenters. The summed E-state index contributed by atoms with van der Waals surface area (Å²) in [6.45, 7) is 9.56. The fraction of sp³-hybridized carbons (Fsp3) is 0.333. The Labute approximate surface area is 444 Å². The lowest BCUT2D eigenvalue weighted by molar-refractivity contribution is 0.478. The maximum atomic E-state index is 5.44. The summed E-state index contributed by atoms with van der Waals surface area (Å²) >= 11 is 8.13. The highest BCUT2D eigenvalue weighted by Gasteiger charge is 2.40. The lowest BCUT2D eigenvalue weighted by atomic mass is 9.75. The first kappa shape index (κ1) is 48.7. The highest BCUT2D eigenvalue weighted by molar-refractivity contribution is 9.11. The van der Waals surface area contributed by atoms with Gasteiger partial charge in [0.25, 0.3) is 0 Å². The fourth-order valence-electron chi connectivity index (χ4n) is 12.6. The van der Waals surface area contributed by atoms with E-state index >= 15 is 0 Å². The summed E-state index contributed by atoms with van der Waals surface area (Å²) in [7, 11) is 0. The van der Waals surface area contributed by atoms with Crippen molar-refractivity contribution in [2.24, 2.45) is 0 Å². The Morgan fingerprint density at radius 1 is 0.389 bits per heavy atom. The third-order valence-electron chi connectivity index (χ3n) is 16.6. The van der Waals surface area contributed by atoms with Crippen molar-refractivity contribution >= 4 is 78.2 Å². The standard InChI is InChI=1S/C66H68Br2N4/c1-5-7-9-11-13-14-16-22-40-66(4)50-26-20-18-24-46(50)48-30-28-44(42-52(48)66)62-55-33-37-59(71-55)63(67)57-35-31-53(69-57)61(54-32-36-58(70-54)64(68)60-38-34-56(62)72-60)43-27-29-47-45-23-17-19-25-49(45)65(3,51(47)41-43)39-21-15-12-10-8-6-2/h17-20,23-38,41-42,69,72H,5-16,21-22,39-40H2,1-4H3. The van der Waals surface area contributed by atoms with Crippen molar-refractivity contribution in [2.75, 3.05) is 0 Å². The number of aromatic amines is 2. The van der Waals surface area contributed by atoms with Gasteiger partial charge in [-0.25, -0.2) is 9.97 Å². The number of hydrogen-bond acceptors (Lipinski definition) is 2. The number of H-pyrrole nitrogens is 2. The van der Waals surface area contributed by atoms with Crippen LogP contribution in [0, 0.1) is 0 Å². The van der Waals surface area contributed by atoms with Gasteiger partial charge in [-0.2, -0.15) is 0 Å². The number of aromatic nitrogens is 4. The fourth-order valence-corrected chi connectivity index (χ4v) is 13.5. The van der Waals surface area contributed by atoms with Gasteiger partial charge in [0.05, 0.1) is 42.8 Å². The Morgan fingerprint density at radius 2 is 0.750 bits per heavy atom. The van der Waals surface area contributed by atoms with Gasteiger partial charge in [-0.1, -0.05) is 190 Å². The molecule has 2 N–H and O–H groups in total. The molecule has 4 aromatic carbocycles. The Hall–Kier alpha value is -5.56. The molecule has 4 aliphatic rings. The van der Waals surface area contributed by atoms with E-state index in [-0.39, 0.29) is 10.8 Å². The van der Waals surface area contributed by atoms with Gasteiger partial charge in [0.1, 0.15) is 0 Å². The summed E-state index contributed by atoms with van der Waals surface area (Å²) in [5, 5.41) is 0. The van der Waals surface area contributed by atoms with Gasteiger partial charge >= 0.3 is 0 Å². The molecule has 6 heteroatoms. The predicted octanol–water partition coefficient (Wildman–Crippen LogP) is 20.4. The van der Waals surface area contributed by atoms with Crippen molar-refractivity contribution in [3.63, 3.8) is 0 Å². The molecular weight excluding hydrogens is 1010 g/mol. The van der Waals surface area contributed by atoms with Gasteiger partial charge in [-0.15, -0.1) is 0 Å². The van der Waals surface area contributed by atoms with Gasteiger partial charge < -0.3 is 9.97 Å². The lowest BCUT2D eigenvalue weighted by Crippen LogP contribution is -2.20. The summed E-state index contributed by atoms with van der Waals surface area (Å²) in [6.07, 6.45) is 29.2. The van der Waals surface area contributed by atoms with E-state index in [0.717, 1.165) is 88.9 Å². The van der Waals surface area contributed by atoms with Crippen molar-refractivity contribution in [3.05, 3.63) is 163 Å². The van der Waals surface area contributed by atoms with Gasteiger partial charge in [0.2, 0.25) is 0 Å². The SMILES string of the molecule is CCCCCCCCCCC1(C)c2ccccc2-c2ccc(-c3c4nc(c(Br)c5ccc([nH]5)c(-c5ccc6c(c5)C(C)(CCCCCCCC)c5ccccc5-6)c5nc(c(Br)c6ccc3[nH]6)C=C5)C=C4)cc21. The minimum Gasteiger partial charge on any atom is -0.354 e. The average molecular weight is 1080 g/mol. The summed E-state index contributed by atoms with van der Waals surface area (Å²) in [5.41, 5.74) is 23.0. The van der Waals surface area contributed by atoms with Gasteiger partial charge in [0, 0.05) is 33.0 Å². The molecule has 0 radical (unpaired) electrons. The van der Waals surface area contributed by atoms with Crippen LogP contribution in [-0.4, -0.2) is 19.9 Å². The largest absolute Gasteiger partial charge is 0.354 e. The van der Waals surface area contributed by atoms with E-state index < -0.39 is 0 Å². The van der Waals surface area contributed by atoms with Crippen LogP contribution in [0.2, 0.25) is 0 Å². The Bertz CT molecular complexity index is 3420. The van der Waals surface area contributed by atoms with Gasteiger partial charge in [0.15, 0.2) is 0 Å². The molecule has 0 saturated heterocycles. The maximum absolute atomic E-state index is 5.44. The van der Waals surface area contributed by atoms with Gasteiger partial charge in [-0.3, -0.25) is 0 Å². The summed E-state index contributed by atoms with van der Waals surface area (Å²) < 4.78 is 1.84. The second-order valence-electron chi connectivity index (χ2n) is 21.4. The second-order valence-corrected chi connectivity index (χ2v) is 23.0. The number of nitrogens with zero attached hydrogens (tertiary/aromatic N) is 2. The zero-order valence-electron chi connectivity index (χ0n) is 42.7. The number of nitrogens with one attached hydrogen (secondary N) is 2. The van der Waals surface area contributed by atoms with E-state index in [1.54, 1.807) is 0 Å². The lowest BCUT2D eigenvalue weighted by Gasteiger charge is -2.28. The van der Waals surface area contributed by atoms with E-state index in [4.69, 9.17) is 9.97 Å². The van der Waals surface area contributed by atoms with Crippen LogP contribution in [-0.2, 0) is 10.8 Å². The number of fused-ring (bicyclic) bond motifs is 14. The molecule has 0 spiro atoms. The summed E-state index contributed by atoms with van der Waals surface area (Å²) in [5.74, 6) is 0. The molecule has 5 heterocycles. The van der Waals surface area contributed by atoms with E-state index in [2.05, 4.69) is 203 Å². The molecule has 2 unspecified atom stereocenters. The van der Waals surface area contributed by atoms with Crippen LogP contribution in [0.25, 0.3) is 90.9 Å². The summed E-state index contributed by atoms with van der Waals surface area (Å²) in [4.78, 5) is 18.6. The third kappa shape index (κ3) is 8.93. The molecule has 7 aromatic rings. The minimum absolute atomic E-state index is 0.0789. The van der Waals surface area contributed by atoms with Crippen molar-refractivity contribution in [1.29, 1.82) is 0 Å². The minimum atomic E-state index is -0.0809. The first-order valence-electron chi connectivity index (χ1n) is 27.2. The van der Waals surface area contributed by atoms with E-state index in [0.29, 0.717) is 0 Å². The summed E-state index contributed by atoms with van der Waals surface area (Å²) in [6, 6.07) is 41.3.